The molecule has 0 heterocycles. The molecule has 0 aliphatic heterocycles. The first-order valence-corrected chi connectivity index (χ1v) is 11.3. The molecule has 166 valence electrons. The van der Waals surface area contributed by atoms with Crippen LogP contribution in [-0.4, -0.2) is 45.7 Å². The number of amides is 1. The number of ether oxygens (including phenoxy) is 2. The second-order valence-corrected chi connectivity index (χ2v) is 8.96. The third kappa shape index (κ3) is 5.92. The Labute approximate surface area is 185 Å². The van der Waals surface area contributed by atoms with Crippen molar-refractivity contribution in [3.63, 3.8) is 0 Å². The molecule has 0 fully saturated rings. The number of hydrogen-bond acceptors (Lipinski definition) is 7. The molecule has 0 saturated carbocycles. The average molecular weight is 455 g/mol. The first-order valence-electron chi connectivity index (χ1n) is 9.64. The molecule has 8 nitrogen and oxygen atoms in total. The van der Waals surface area contributed by atoms with Gasteiger partial charge >= 0.3 is 11.9 Å². The van der Waals surface area contributed by atoms with Gasteiger partial charge in [0, 0.05) is 5.69 Å². The van der Waals surface area contributed by atoms with E-state index in [1.165, 1.54) is 37.4 Å². The number of methoxy groups -OCH3 is 1. The van der Waals surface area contributed by atoms with Gasteiger partial charge in [-0.25, -0.2) is 13.2 Å². The van der Waals surface area contributed by atoms with Crippen molar-refractivity contribution >= 4 is 44.1 Å². The van der Waals surface area contributed by atoms with Crippen LogP contribution in [0.5, 0.6) is 0 Å². The lowest BCUT2D eigenvalue weighted by atomic mass is 10.1. The molecule has 3 rings (SSSR count). The Kier molecular flexibility index (Phi) is 7.21. The summed E-state index contributed by atoms with van der Waals surface area (Å²) in [6.45, 7) is -0.562. The topological polar surface area (TPSA) is 116 Å². The number of carbonyl (C=O) groups excluding carboxylic acids is 3. The fourth-order valence-electron chi connectivity index (χ4n) is 2.92. The molecular weight excluding hydrogens is 434 g/mol. The second-order valence-electron chi connectivity index (χ2n) is 6.86. The van der Waals surface area contributed by atoms with Crippen LogP contribution in [0.15, 0.2) is 71.6 Å². The van der Waals surface area contributed by atoms with Crippen molar-refractivity contribution in [3.05, 3.63) is 72.3 Å². The number of esters is 2. The minimum Gasteiger partial charge on any atom is -0.465 e. The lowest BCUT2D eigenvalue weighted by Gasteiger charge is -2.08. The smallest absolute Gasteiger partial charge is 0.337 e. The van der Waals surface area contributed by atoms with Crippen molar-refractivity contribution < 1.29 is 32.3 Å². The van der Waals surface area contributed by atoms with E-state index in [9.17, 15) is 22.8 Å². The maximum absolute atomic E-state index is 12.5. The van der Waals surface area contributed by atoms with Gasteiger partial charge < -0.3 is 14.8 Å². The van der Waals surface area contributed by atoms with Gasteiger partial charge in [-0.15, -0.1) is 0 Å². The molecule has 0 aliphatic carbocycles. The zero-order valence-corrected chi connectivity index (χ0v) is 18.1. The molecule has 0 unspecified atom stereocenters. The lowest BCUT2D eigenvalue weighted by Crippen LogP contribution is -2.22. The van der Waals surface area contributed by atoms with Crippen molar-refractivity contribution in [1.82, 2.24) is 0 Å². The number of carbonyl (C=O) groups is 3. The summed E-state index contributed by atoms with van der Waals surface area (Å²) < 4.78 is 34.5. The van der Waals surface area contributed by atoms with E-state index in [4.69, 9.17) is 4.74 Å². The molecule has 1 amide bonds. The molecule has 3 aromatic carbocycles. The summed E-state index contributed by atoms with van der Waals surface area (Å²) in [6, 6.07) is 18.1. The molecule has 0 radical (unpaired) electrons. The monoisotopic (exact) mass is 455 g/mol. The largest absolute Gasteiger partial charge is 0.465 e. The molecule has 32 heavy (non-hydrogen) atoms. The molecule has 1 N–H and O–H groups in total. The predicted molar refractivity (Wildman–Crippen MR) is 118 cm³/mol. The predicted octanol–water partition coefficient (Wildman–Crippen LogP) is 2.97. The number of nitrogens with one attached hydrogen (secondary N) is 1. The van der Waals surface area contributed by atoms with E-state index in [0.717, 1.165) is 10.8 Å². The van der Waals surface area contributed by atoms with Crippen LogP contribution in [-0.2, 0) is 28.9 Å². The highest BCUT2D eigenvalue weighted by Crippen LogP contribution is 2.20. The van der Waals surface area contributed by atoms with Crippen LogP contribution >= 0.6 is 0 Å². The van der Waals surface area contributed by atoms with E-state index >= 15 is 0 Å². The zero-order chi connectivity index (χ0) is 23.1. The van der Waals surface area contributed by atoms with Crippen LogP contribution < -0.4 is 5.32 Å². The number of anilines is 1. The molecule has 0 aliphatic rings. The summed E-state index contributed by atoms with van der Waals surface area (Å²) in [5, 5.41) is 4.21. The van der Waals surface area contributed by atoms with Gasteiger partial charge in [-0.2, -0.15) is 0 Å². The number of hydrogen-bond donors (Lipinski definition) is 1. The number of rotatable bonds is 8. The van der Waals surface area contributed by atoms with Crippen LogP contribution in [0.4, 0.5) is 5.69 Å². The summed E-state index contributed by atoms with van der Waals surface area (Å²) in [5.41, 5.74) is 0.724. The highest BCUT2D eigenvalue weighted by molar-refractivity contribution is 7.91. The first-order chi connectivity index (χ1) is 15.3. The Hall–Kier alpha value is -3.72. The van der Waals surface area contributed by atoms with Crippen molar-refractivity contribution in [2.45, 2.75) is 11.3 Å². The summed E-state index contributed by atoms with van der Waals surface area (Å²) in [6.07, 6.45) is -0.379. The Morgan fingerprint density at radius 2 is 1.59 bits per heavy atom. The van der Waals surface area contributed by atoms with Gasteiger partial charge in [-0.3, -0.25) is 9.59 Å². The average Bonchev–Trinajstić information content (AvgIpc) is 2.81. The van der Waals surface area contributed by atoms with Crippen LogP contribution in [0.25, 0.3) is 10.8 Å². The Morgan fingerprint density at radius 3 is 2.28 bits per heavy atom. The summed E-state index contributed by atoms with van der Waals surface area (Å²) in [5.74, 6) is -2.33. The van der Waals surface area contributed by atoms with Gasteiger partial charge in [0.15, 0.2) is 16.4 Å². The molecule has 0 atom stereocenters. The van der Waals surface area contributed by atoms with Crippen molar-refractivity contribution in [2.24, 2.45) is 0 Å². The van der Waals surface area contributed by atoms with Gasteiger partial charge in [0.1, 0.15) is 0 Å². The van der Waals surface area contributed by atoms with Crippen LogP contribution in [0.2, 0.25) is 0 Å². The third-order valence-corrected chi connectivity index (χ3v) is 6.32. The minimum atomic E-state index is -3.69. The summed E-state index contributed by atoms with van der Waals surface area (Å²) in [4.78, 5) is 35.4. The van der Waals surface area contributed by atoms with Gasteiger partial charge in [0.25, 0.3) is 5.91 Å². The normalized spacial score (nSPS) is 11.0. The van der Waals surface area contributed by atoms with E-state index in [1.54, 1.807) is 12.1 Å². The van der Waals surface area contributed by atoms with Crippen molar-refractivity contribution in [2.75, 3.05) is 24.8 Å². The van der Waals surface area contributed by atoms with Crippen LogP contribution in [0.3, 0.4) is 0 Å². The van der Waals surface area contributed by atoms with Crippen molar-refractivity contribution in [3.8, 4) is 0 Å². The number of fused-ring (bicyclic) bond motifs is 1. The Morgan fingerprint density at radius 1 is 0.906 bits per heavy atom. The molecule has 0 aromatic heterocycles. The van der Waals surface area contributed by atoms with E-state index in [2.05, 4.69) is 10.1 Å². The standard InChI is InChI=1S/C23H21NO7S/c1-30-23(27)17-6-9-19(10-7-17)24-21(25)15-31-22(26)12-13-32(28,29)20-11-8-16-4-2-3-5-18(16)14-20/h2-11,14H,12-13,15H2,1H3,(H,24,25). The molecule has 3 aromatic rings. The van der Waals surface area contributed by atoms with Gasteiger partial charge in [-0.1, -0.05) is 30.3 Å². The van der Waals surface area contributed by atoms with Gasteiger partial charge in [0.2, 0.25) is 0 Å². The third-order valence-electron chi connectivity index (χ3n) is 4.61. The van der Waals surface area contributed by atoms with E-state index in [0.29, 0.717) is 11.3 Å². The maximum atomic E-state index is 12.5. The second kappa shape index (κ2) is 10.1. The number of benzene rings is 3. The number of sulfone groups is 1. The Bertz CT molecular complexity index is 1250. The lowest BCUT2D eigenvalue weighted by molar-refractivity contribution is -0.146. The highest BCUT2D eigenvalue weighted by atomic mass is 32.2. The quantitative estimate of drug-likeness (QED) is 0.519. The van der Waals surface area contributed by atoms with E-state index in [-0.39, 0.29) is 11.3 Å². The summed E-state index contributed by atoms with van der Waals surface area (Å²) >= 11 is 0. The van der Waals surface area contributed by atoms with Crippen LogP contribution in [0, 0.1) is 0 Å². The van der Waals surface area contributed by atoms with Gasteiger partial charge in [-0.05, 0) is 47.2 Å². The zero-order valence-electron chi connectivity index (χ0n) is 17.2. The van der Waals surface area contributed by atoms with E-state index in [1.807, 2.05) is 24.3 Å². The SMILES string of the molecule is COC(=O)c1ccc(NC(=O)COC(=O)CCS(=O)(=O)c2ccc3ccccc3c2)cc1. The molecular formula is C23H21NO7S. The fraction of sp³-hybridized carbons (Fsp3) is 0.174. The van der Waals surface area contributed by atoms with Crippen LogP contribution in [0.1, 0.15) is 16.8 Å². The molecule has 0 saturated heterocycles. The minimum absolute atomic E-state index is 0.122. The fourth-order valence-corrected chi connectivity index (χ4v) is 4.17. The Balaban J connectivity index is 1.48. The highest BCUT2D eigenvalue weighted by Gasteiger charge is 2.18. The molecule has 0 spiro atoms. The first kappa shape index (κ1) is 23.0. The molecule has 0 bridgehead atoms. The maximum Gasteiger partial charge on any atom is 0.337 e. The van der Waals surface area contributed by atoms with Gasteiger partial charge in [0.05, 0.1) is 29.7 Å². The van der Waals surface area contributed by atoms with Crippen molar-refractivity contribution in [1.29, 1.82) is 0 Å². The molecule has 9 heteroatoms. The van der Waals surface area contributed by atoms with E-state index < -0.39 is 40.0 Å². The summed E-state index contributed by atoms with van der Waals surface area (Å²) in [7, 11) is -2.42.